The molecule has 0 aromatic carbocycles. The smallest absolute Gasteiger partial charge is 0.154 e. The van der Waals surface area contributed by atoms with Gasteiger partial charge in [-0.15, -0.1) is 5.10 Å². The van der Waals surface area contributed by atoms with E-state index >= 15 is 0 Å². The number of nitrogens with zero attached hydrogens (tertiary/aromatic N) is 3. The summed E-state index contributed by atoms with van der Waals surface area (Å²) in [5, 5.41) is 20.3. The van der Waals surface area contributed by atoms with Crippen molar-refractivity contribution in [2.75, 3.05) is 0 Å². The second-order valence-corrected chi connectivity index (χ2v) is 5.26. The highest BCUT2D eigenvalue weighted by atomic mass is 32.2. The number of fused-ring (bicyclic) bond motifs is 1. The third-order valence-corrected chi connectivity index (χ3v) is 3.43. The quantitative estimate of drug-likeness (QED) is 0.745. The third kappa shape index (κ3) is 3.39. The van der Waals surface area contributed by atoms with E-state index in [4.69, 9.17) is 11.5 Å². The van der Waals surface area contributed by atoms with E-state index in [1.165, 1.54) is 16.4 Å². The van der Waals surface area contributed by atoms with E-state index in [2.05, 4.69) is 16.9 Å². The molecule has 1 heterocycles. The molecule has 1 unspecified atom stereocenters. The van der Waals surface area contributed by atoms with Crippen molar-refractivity contribution >= 4 is 17.8 Å². The number of hydrogen-bond acceptors (Lipinski definition) is 6. The predicted molar refractivity (Wildman–Crippen MR) is 76.4 cm³/mol. The van der Waals surface area contributed by atoms with Crippen molar-refractivity contribution in [3.63, 3.8) is 0 Å². The lowest BCUT2D eigenvalue weighted by atomic mass is 10.1. The zero-order valence-corrected chi connectivity index (χ0v) is 11.3. The molecular formula is C12H17N5OS. The van der Waals surface area contributed by atoms with Crippen molar-refractivity contribution in [3.05, 3.63) is 40.2 Å². The predicted octanol–water partition coefficient (Wildman–Crippen LogP) is 1.08. The summed E-state index contributed by atoms with van der Waals surface area (Å²) in [6.45, 7) is 3.56. The molecule has 19 heavy (non-hydrogen) atoms. The van der Waals surface area contributed by atoms with Crippen LogP contribution in [-0.2, 0) is 6.42 Å². The van der Waals surface area contributed by atoms with Crippen LogP contribution in [0.2, 0.25) is 0 Å². The second-order valence-electron chi connectivity index (χ2n) is 4.27. The van der Waals surface area contributed by atoms with Crippen molar-refractivity contribution in [1.82, 2.24) is 15.0 Å². The fourth-order valence-corrected chi connectivity index (χ4v) is 2.25. The Kier molecular flexibility index (Phi) is 4.28. The second kappa shape index (κ2) is 5.94. The van der Waals surface area contributed by atoms with Gasteiger partial charge in [0.1, 0.15) is 5.69 Å². The van der Waals surface area contributed by atoms with Gasteiger partial charge in [-0.3, -0.25) is 0 Å². The maximum absolute atomic E-state index is 10.2. The van der Waals surface area contributed by atoms with E-state index < -0.39 is 6.23 Å². The zero-order valence-electron chi connectivity index (χ0n) is 10.5. The van der Waals surface area contributed by atoms with Gasteiger partial charge in [-0.1, -0.05) is 29.6 Å². The van der Waals surface area contributed by atoms with Crippen LogP contribution in [0.1, 0.15) is 30.5 Å². The van der Waals surface area contributed by atoms with Crippen LogP contribution >= 0.6 is 11.8 Å². The Labute approximate surface area is 115 Å². The molecule has 0 saturated carbocycles. The number of aromatic nitrogens is 3. The number of thioether (sulfide) groups is 1. The molecule has 0 bridgehead atoms. The molecule has 1 aromatic heterocycles. The first-order valence-electron chi connectivity index (χ1n) is 5.92. The molecule has 0 aliphatic heterocycles. The van der Waals surface area contributed by atoms with E-state index in [1.807, 2.05) is 12.2 Å². The lowest BCUT2D eigenvalue weighted by molar-refractivity contribution is 0.0855. The van der Waals surface area contributed by atoms with Gasteiger partial charge in [0.2, 0.25) is 0 Å². The van der Waals surface area contributed by atoms with Crippen LogP contribution in [0.5, 0.6) is 0 Å². The average molecular weight is 279 g/mol. The molecule has 1 aliphatic carbocycles. The summed E-state index contributed by atoms with van der Waals surface area (Å²) in [7, 11) is 0. The molecule has 1 aliphatic rings. The monoisotopic (exact) mass is 279 g/mol. The van der Waals surface area contributed by atoms with Crippen LogP contribution in [0.25, 0.3) is 6.08 Å². The largest absolute Gasteiger partial charge is 0.401 e. The van der Waals surface area contributed by atoms with Gasteiger partial charge in [0, 0.05) is 12.1 Å². The van der Waals surface area contributed by atoms with E-state index in [0.717, 1.165) is 24.2 Å². The minimum Gasteiger partial charge on any atom is -0.401 e. The summed E-state index contributed by atoms with van der Waals surface area (Å²) in [5.74, 6) is 0. The maximum atomic E-state index is 10.2. The van der Waals surface area contributed by atoms with Crippen LogP contribution in [0.15, 0.2) is 28.8 Å². The Morgan fingerprint density at radius 1 is 1.63 bits per heavy atom. The number of aliphatic hydroxyl groups excluding tert-OH is 1. The molecule has 0 radical (unpaired) electrons. The summed E-state index contributed by atoms with van der Waals surface area (Å²) in [6, 6.07) is 0. The van der Waals surface area contributed by atoms with E-state index in [-0.39, 0.29) is 6.42 Å². The van der Waals surface area contributed by atoms with E-state index in [9.17, 15) is 5.11 Å². The third-order valence-electron chi connectivity index (χ3n) is 2.71. The minimum absolute atomic E-state index is 0.278. The summed E-state index contributed by atoms with van der Waals surface area (Å²) in [6.07, 6.45) is 5.19. The summed E-state index contributed by atoms with van der Waals surface area (Å²) >= 11 is 1.24. The van der Waals surface area contributed by atoms with Crippen molar-refractivity contribution < 1.29 is 5.11 Å². The molecule has 0 fully saturated rings. The number of allylic oxidation sites excluding steroid dienone is 1. The molecule has 2 rings (SSSR count). The van der Waals surface area contributed by atoms with Crippen molar-refractivity contribution in [1.29, 1.82) is 0 Å². The lowest BCUT2D eigenvalue weighted by Crippen LogP contribution is -2.16. The zero-order chi connectivity index (χ0) is 13.8. The first-order valence-corrected chi connectivity index (χ1v) is 6.80. The highest BCUT2D eigenvalue weighted by Gasteiger charge is 2.18. The van der Waals surface area contributed by atoms with Crippen LogP contribution < -0.4 is 11.5 Å². The number of hydrogen-bond donors (Lipinski definition) is 3. The minimum atomic E-state index is -0.814. The van der Waals surface area contributed by atoms with Gasteiger partial charge < -0.3 is 16.6 Å². The van der Waals surface area contributed by atoms with E-state index in [0.29, 0.717) is 10.7 Å². The SMILES string of the molecule is C=C(N)S/C=C(\N)CC(O)n1nnc2c1CCC=C2. The van der Waals surface area contributed by atoms with Gasteiger partial charge in [-0.2, -0.15) is 0 Å². The summed E-state index contributed by atoms with van der Waals surface area (Å²) in [5.41, 5.74) is 13.5. The number of rotatable bonds is 5. The average Bonchev–Trinajstić information content (AvgIpc) is 2.80. The van der Waals surface area contributed by atoms with Crippen LogP contribution in [0.4, 0.5) is 0 Å². The fourth-order valence-electron chi connectivity index (χ4n) is 1.85. The van der Waals surface area contributed by atoms with Gasteiger partial charge >= 0.3 is 0 Å². The van der Waals surface area contributed by atoms with Gasteiger partial charge in [0.05, 0.1) is 10.7 Å². The Balaban J connectivity index is 2.06. The normalized spacial score (nSPS) is 16.2. The summed E-state index contributed by atoms with van der Waals surface area (Å²) < 4.78 is 1.53. The number of nitrogens with two attached hydrogens (primary N) is 2. The molecule has 7 heteroatoms. The molecule has 0 amide bonds. The van der Waals surface area contributed by atoms with Crippen LogP contribution in [0, 0.1) is 0 Å². The van der Waals surface area contributed by atoms with Gasteiger partial charge in [-0.25, -0.2) is 4.68 Å². The molecule has 102 valence electrons. The molecule has 1 atom stereocenters. The van der Waals surface area contributed by atoms with Crippen molar-refractivity contribution in [2.45, 2.75) is 25.5 Å². The molecule has 1 aromatic rings. The van der Waals surface area contributed by atoms with Gasteiger partial charge in [0.15, 0.2) is 6.23 Å². The maximum Gasteiger partial charge on any atom is 0.154 e. The van der Waals surface area contributed by atoms with Crippen molar-refractivity contribution in [2.24, 2.45) is 11.5 Å². The summed E-state index contributed by atoms with van der Waals surface area (Å²) in [4.78, 5) is 0. The molecule has 6 nitrogen and oxygen atoms in total. The topological polar surface area (TPSA) is 103 Å². The molecule has 0 saturated heterocycles. The van der Waals surface area contributed by atoms with Crippen LogP contribution in [0.3, 0.4) is 0 Å². The number of aliphatic hydroxyl groups is 1. The van der Waals surface area contributed by atoms with Crippen molar-refractivity contribution in [3.8, 4) is 0 Å². The standard InChI is InChI=1S/C12H17N5OS/c1-8(13)19-7-9(14)6-12(18)17-11-5-3-2-4-10(11)15-16-17/h2,4,7,12,18H,1,3,5-6,13-14H2/b9-7-. The highest BCUT2D eigenvalue weighted by molar-refractivity contribution is 8.05. The first kappa shape index (κ1) is 13.7. The molecular weight excluding hydrogens is 262 g/mol. The van der Waals surface area contributed by atoms with Gasteiger partial charge in [0.25, 0.3) is 0 Å². The van der Waals surface area contributed by atoms with Gasteiger partial charge in [-0.05, 0) is 24.3 Å². The van der Waals surface area contributed by atoms with Crippen LogP contribution in [-0.4, -0.2) is 20.1 Å². The van der Waals surface area contributed by atoms with E-state index in [1.54, 1.807) is 5.41 Å². The fraction of sp³-hybridized carbons (Fsp3) is 0.333. The Morgan fingerprint density at radius 3 is 3.16 bits per heavy atom. The first-order chi connectivity index (χ1) is 9.08. The Hall–Kier alpha value is -1.73. The lowest BCUT2D eigenvalue weighted by Gasteiger charge is -2.15. The Morgan fingerprint density at radius 2 is 2.42 bits per heavy atom. The Bertz CT molecular complexity index is 534. The molecule has 5 N–H and O–H groups in total. The molecule has 0 spiro atoms. The highest BCUT2D eigenvalue weighted by Crippen LogP contribution is 2.22.